The molecule has 0 atom stereocenters. The molecule has 0 radical (unpaired) electrons. The van der Waals surface area contributed by atoms with Crippen LogP contribution < -0.4 is 10.5 Å². The fourth-order valence-electron chi connectivity index (χ4n) is 1.78. The molecule has 0 aliphatic carbocycles. The van der Waals surface area contributed by atoms with Gasteiger partial charge in [-0.05, 0) is 24.3 Å². The van der Waals surface area contributed by atoms with E-state index in [1.807, 2.05) is 0 Å². The van der Waals surface area contributed by atoms with Crippen LogP contribution in [0.3, 0.4) is 0 Å². The van der Waals surface area contributed by atoms with Gasteiger partial charge in [-0.3, -0.25) is 9.59 Å². The van der Waals surface area contributed by atoms with Crippen molar-refractivity contribution in [1.82, 2.24) is 0 Å². The highest BCUT2D eigenvalue weighted by Gasteiger charge is 2.18. The fourth-order valence-corrected chi connectivity index (χ4v) is 1.78. The van der Waals surface area contributed by atoms with Gasteiger partial charge in [0.25, 0.3) is 5.91 Å². The standard InChI is InChI=1S/C15H11F2NO3/c16-10-5-3-6-11(17)14(10)12(19)8-21-13-7-2-1-4-9(13)15(18)20/h1-7H,8H2,(H2,18,20). The van der Waals surface area contributed by atoms with E-state index in [1.165, 1.54) is 12.1 Å². The molecular weight excluding hydrogens is 280 g/mol. The fraction of sp³-hybridized carbons (Fsp3) is 0.0667. The molecular formula is C15H11F2NO3. The summed E-state index contributed by atoms with van der Waals surface area (Å²) in [7, 11) is 0. The average molecular weight is 291 g/mol. The first-order valence-corrected chi connectivity index (χ1v) is 5.99. The maximum Gasteiger partial charge on any atom is 0.252 e. The largest absolute Gasteiger partial charge is 0.485 e. The quantitative estimate of drug-likeness (QED) is 0.859. The van der Waals surface area contributed by atoms with Crippen molar-refractivity contribution < 1.29 is 23.1 Å². The molecule has 1 amide bonds. The minimum Gasteiger partial charge on any atom is -0.485 e. The maximum atomic E-state index is 13.4. The van der Waals surface area contributed by atoms with E-state index in [1.54, 1.807) is 12.1 Å². The number of hydrogen-bond acceptors (Lipinski definition) is 3. The van der Waals surface area contributed by atoms with Gasteiger partial charge >= 0.3 is 0 Å². The van der Waals surface area contributed by atoms with Crippen LogP contribution in [0.5, 0.6) is 5.75 Å². The summed E-state index contributed by atoms with van der Waals surface area (Å²) in [6.45, 7) is -0.609. The Morgan fingerprint density at radius 2 is 1.62 bits per heavy atom. The third-order valence-electron chi connectivity index (χ3n) is 2.75. The molecule has 2 aromatic carbocycles. The second-order valence-electron chi connectivity index (χ2n) is 4.17. The van der Waals surface area contributed by atoms with Crippen LogP contribution in [0.25, 0.3) is 0 Å². The first-order valence-electron chi connectivity index (χ1n) is 5.99. The lowest BCUT2D eigenvalue weighted by atomic mass is 10.1. The van der Waals surface area contributed by atoms with Gasteiger partial charge in [0.2, 0.25) is 5.78 Å². The summed E-state index contributed by atoms with van der Waals surface area (Å²) in [5.41, 5.74) is 4.57. The lowest BCUT2D eigenvalue weighted by molar-refractivity contribution is 0.0904. The van der Waals surface area contributed by atoms with Crippen LogP contribution in [0.4, 0.5) is 8.78 Å². The van der Waals surface area contributed by atoms with Crippen LogP contribution in [0.15, 0.2) is 42.5 Å². The highest BCUT2D eigenvalue weighted by Crippen LogP contribution is 2.18. The Morgan fingerprint density at radius 1 is 1.00 bits per heavy atom. The minimum atomic E-state index is -0.966. The molecule has 21 heavy (non-hydrogen) atoms. The summed E-state index contributed by atoms with van der Waals surface area (Å²) in [5.74, 6) is -3.45. The van der Waals surface area contributed by atoms with Crippen LogP contribution >= 0.6 is 0 Å². The Balaban J connectivity index is 2.17. The van der Waals surface area contributed by atoms with Gasteiger partial charge in [0, 0.05) is 0 Å². The van der Waals surface area contributed by atoms with Gasteiger partial charge in [-0.1, -0.05) is 18.2 Å². The predicted molar refractivity (Wildman–Crippen MR) is 71.1 cm³/mol. The van der Waals surface area contributed by atoms with Crippen molar-refractivity contribution in [2.24, 2.45) is 5.73 Å². The maximum absolute atomic E-state index is 13.4. The van der Waals surface area contributed by atoms with E-state index in [9.17, 15) is 18.4 Å². The highest BCUT2D eigenvalue weighted by molar-refractivity contribution is 5.98. The molecule has 0 aromatic heterocycles. The average Bonchev–Trinajstić information content (AvgIpc) is 2.45. The Bertz CT molecular complexity index is 681. The van der Waals surface area contributed by atoms with Crippen LogP contribution in [0, 0.1) is 11.6 Å². The summed E-state index contributed by atoms with van der Waals surface area (Å²) in [6, 6.07) is 9.13. The smallest absolute Gasteiger partial charge is 0.252 e. The molecule has 0 aliphatic rings. The Kier molecular flexibility index (Phi) is 4.27. The zero-order chi connectivity index (χ0) is 15.4. The minimum absolute atomic E-state index is 0.0788. The Hall–Kier alpha value is -2.76. The molecule has 108 valence electrons. The SMILES string of the molecule is NC(=O)c1ccccc1OCC(=O)c1c(F)cccc1F. The van der Waals surface area contributed by atoms with Crippen LogP contribution in [-0.4, -0.2) is 18.3 Å². The van der Waals surface area contributed by atoms with Crippen molar-refractivity contribution in [2.75, 3.05) is 6.61 Å². The van der Waals surface area contributed by atoms with E-state index < -0.39 is 35.5 Å². The number of carbonyl (C=O) groups excluding carboxylic acids is 2. The molecule has 0 aliphatic heterocycles. The van der Waals surface area contributed by atoms with Crippen molar-refractivity contribution in [3.63, 3.8) is 0 Å². The first kappa shape index (κ1) is 14.6. The van der Waals surface area contributed by atoms with Crippen molar-refractivity contribution in [3.8, 4) is 5.75 Å². The number of Topliss-reactive ketones (excluding diaryl/α,β-unsaturated/α-hetero) is 1. The van der Waals surface area contributed by atoms with Crippen molar-refractivity contribution in [1.29, 1.82) is 0 Å². The van der Waals surface area contributed by atoms with Crippen molar-refractivity contribution >= 4 is 11.7 Å². The second kappa shape index (κ2) is 6.13. The van der Waals surface area contributed by atoms with Gasteiger partial charge in [0.1, 0.15) is 17.4 Å². The molecule has 0 unspecified atom stereocenters. The molecule has 0 saturated carbocycles. The molecule has 0 spiro atoms. The Morgan fingerprint density at radius 3 is 2.24 bits per heavy atom. The molecule has 4 nitrogen and oxygen atoms in total. The first-order chi connectivity index (χ1) is 10.0. The van der Waals surface area contributed by atoms with E-state index in [4.69, 9.17) is 10.5 Å². The van der Waals surface area contributed by atoms with Crippen LogP contribution in [-0.2, 0) is 0 Å². The molecule has 0 saturated heterocycles. The van der Waals surface area contributed by atoms with E-state index in [0.29, 0.717) is 0 Å². The van der Waals surface area contributed by atoms with Gasteiger partial charge in [-0.15, -0.1) is 0 Å². The van der Waals surface area contributed by atoms with Gasteiger partial charge in [-0.2, -0.15) is 0 Å². The summed E-state index contributed by atoms with van der Waals surface area (Å²) in [6.07, 6.45) is 0. The topological polar surface area (TPSA) is 69.4 Å². The normalized spacial score (nSPS) is 10.2. The lowest BCUT2D eigenvalue weighted by Crippen LogP contribution is -2.18. The number of nitrogens with two attached hydrogens (primary N) is 1. The van der Waals surface area contributed by atoms with Crippen molar-refractivity contribution in [3.05, 3.63) is 65.2 Å². The number of carbonyl (C=O) groups is 2. The highest BCUT2D eigenvalue weighted by atomic mass is 19.1. The zero-order valence-corrected chi connectivity index (χ0v) is 10.8. The van der Waals surface area contributed by atoms with Gasteiger partial charge < -0.3 is 10.5 Å². The number of primary amides is 1. The number of hydrogen-bond donors (Lipinski definition) is 1. The number of ether oxygens (including phenoxy) is 1. The molecule has 0 heterocycles. The number of amides is 1. The number of ketones is 1. The van der Waals surface area contributed by atoms with Crippen LogP contribution in [0.2, 0.25) is 0 Å². The Labute approximate surface area is 119 Å². The molecule has 0 bridgehead atoms. The monoisotopic (exact) mass is 291 g/mol. The summed E-state index contributed by atoms with van der Waals surface area (Å²) >= 11 is 0. The predicted octanol–water partition coefficient (Wildman–Crippen LogP) is 2.33. The van der Waals surface area contributed by atoms with Crippen LogP contribution in [0.1, 0.15) is 20.7 Å². The number of para-hydroxylation sites is 1. The zero-order valence-electron chi connectivity index (χ0n) is 10.8. The number of benzene rings is 2. The van der Waals surface area contributed by atoms with Gasteiger partial charge in [0.05, 0.1) is 11.1 Å². The summed E-state index contributed by atoms with van der Waals surface area (Å²) in [4.78, 5) is 23.0. The third-order valence-corrected chi connectivity index (χ3v) is 2.75. The summed E-state index contributed by atoms with van der Waals surface area (Å²) < 4.78 is 32.0. The second-order valence-corrected chi connectivity index (χ2v) is 4.17. The van der Waals surface area contributed by atoms with E-state index in [-0.39, 0.29) is 11.3 Å². The number of halogens is 2. The number of rotatable bonds is 5. The molecule has 6 heteroatoms. The van der Waals surface area contributed by atoms with E-state index in [0.717, 1.165) is 18.2 Å². The van der Waals surface area contributed by atoms with E-state index in [2.05, 4.69) is 0 Å². The van der Waals surface area contributed by atoms with E-state index >= 15 is 0 Å². The molecule has 0 fully saturated rings. The molecule has 2 rings (SSSR count). The van der Waals surface area contributed by atoms with Crippen molar-refractivity contribution in [2.45, 2.75) is 0 Å². The van der Waals surface area contributed by atoms with Gasteiger partial charge in [0.15, 0.2) is 6.61 Å². The third kappa shape index (κ3) is 3.22. The van der Waals surface area contributed by atoms with Gasteiger partial charge in [-0.25, -0.2) is 8.78 Å². The molecule has 2 N–H and O–H groups in total. The lowest BCUT2D eigenvalue weighted by Gasteiger charge is -2.09. The summed E-state index contributed by atoms with van der Waals surface area (Å²) in [5, 5.41) is 0. The molecule has 2 aromatic rings.